The SMILES string of the molecule is CC1=C(C(=O)/C=C/CCCI)C(C)(C)C(C(=O)/C=C/I)CC1. The molecule has 22 heavy (non-hydrogen) atoms. The Balaban J connectivity index is 3.02. The molecule has 2 nitrogen and oxygen atoms in total. The third kappa shape index (κ3) is 5.01. The molecular formula is C18H24I2O2. The highest BCUT2D eigenvalue weighted by Crippen LogP contribution is 2.45. The van der Waals surface area contributed by atoms with Gasteiger partial charge in [-0.1, -0.05) is 70.7 Å². The number of hydrogen-bond donors (Lipinski definition) is 0. The van der Waals surface area contributed by atoms with Gasteiger partial charge in [0.15, 0.2) is 11.6 Å². The first kappa shape index (κ1) is 20.1. The van der Waals surface area contributed by atoms with Crippen LogP contribution in [-0.4, -0.2) is 16.0 Å². The lowest BCUT2D eigenvalue weighted by Crippen LogP contribution is -2.38. The topological polar surface area (TPSA) is 34.1 Å². The summed E-state index contributed by atoms with van der Waals surface area (Å²) in [4.78, 5) is 25.0. The van der Waals surface area contributed by atoms with Crippen molar-refractivity contribution in [3.8, 4) is 0 Å². The van der Waals surface area contributed by atoms with E-state index in [1.54, 1.807) is 16.2 Å². The van der Waals surface area contributed by atoms with Crippen LogP contribution in [0.3, 0.4) is 0 Å². The van der Waals surface area contributed by atoms with Crippen molar-refractivity contribution < 1.29 is 9.59 Å². The van der Waals surface area contributed by atoms with Crippen LogP contribution < -0.4 is 0 Å². The Labute approximate surface area is 161 Å². The highest BCUT2D eigenvalue weighted by molar-refractivity contribution is 14.1. The Morgan fingerprint density at radius 1 is 1.32 bits per heavy atom. The minimum Gasteiger partial charge on any atom is -0.294 e. The molecule has 0 amide bonds. The standard InChI is InChI=1S/C18H24I2O2/c1-13-8-9-14(15(21)10-12-20)18(2,3)17(13)16(22)7-5-4-6-11-19/h5,7,10,12,14H,4,6,8-9,11H2,1-3H3/b7-5+,12-10+. The predicted octanol–water partition coefficient (Wildman–Crippen LogP) is 5.60. The van der Waals surface area contributed by atoms with E-state index in [9.17, 15) is 9.59 Å². The van der Waals surface area contributed by atoms with Gasteiger partial charge in [-0.15, -0.1) is 0 Å². The van der Waals surface area contributed by atoms with Crippen molar-refractivity contribution in [3.05, 3.63) is 33.5 Å². The van der Waals surface area contributed by atoms with Crippen LogP contribution in [-0.2, 0) is 9.59 Å². The summed E-state index contributed by atoms with van der Waals surface area (Å²) in [5.74, 6) is 0.0990. The smallest absolute Gasteiger partial charge is 0.182 e. The molecule has 4 heteroatoms. The number of ketones is 2. The van der Waals surface area contributed by atoms with Gasteiger partial charge in [0.25, 0.3) is 0 Å². The van der Waals surface area contributed by atoms with Crippen LogP contribution in [0.2, 0.25) is 0 Å². The van der Waals surface area contributed by atoms with Crippen LogP contribution in [0.1, 0.15) is 46.5 Å². The molecule has 1 atom stereocenters. The predicted molar refractivity (Wildman–Crippen MR) is 110 cm³/mol. The Morgan fingerprint density at radius 3 is 2.59 bits per heavy atom. The van der Waals surface area contributed by atoms with Gasteiger partial charge in [0.1, 0.15) is 0 Å². The zero-order chi connectivity index (χ0) is 16.8. The number of unbranched alkanes of at least 4 members (excludes halogenated alkanes) is 1. The van der Waals surface area contributed by atoms with Crippen molar-refractivity contribution in [2.45, 2.75) is 46.5 Å². The van der Waals surface area contributed by atoms with E-state index in [1.807, 2.05) is 26.8 Å². The average Bonchev–Trinajstić information content (AvgIpc) is 2.43. The molecule has 0 aromatic carbocycles. The summed E-state index contributed by atoms with van der Waals surface area (Å²) < 4.78 is 2.86. The number of halogens is 2. The van der Waals surface area contributed by atoms with Crippen LogP contribution >= 0.6 is 45.2 Å². The molecule has 0 saturated carbocycles. The van der Waals surface area contributed by atoms with Crippen molar-refractivity contribution in [1.82, 2.24) is 0 Å². The zero-order valence-electron chi connectivity index (χ0n) is 13.5. The molecule has 0 aliphatic heterocycles. The maximum absolute atomic E-state index is 12.6. The average molecular weight is 526 g/mol. The molecule has 122 valence electrons. The Hall–Kier alpha value is 0.0200. The van der Waals surface area contributed by atoms with Gasteiger partial charge in [0, 0.05) is 16.9 Å². The number of alkyl halides is 1. The Bertz CT molecular complexity index is 513. The maximum atomic E-state index is 12.6. The Kier molecular flexibility index (Phi) is 8.53. The third-order valence-corrected chi connectivity index (χ3v) is 5.46. The number of carbonyl (C=O) groups excluding carboxylic acids is 2. The maximum Gasteiger partial charge on any atom is 0.182 e. The molecule has 0 saturated heterocycles. The second kappa shape index (κ2) is 9.35. The fraction of sp³-hybridized carbons (Fsp3) is 0.556. The largest absolute Gasteiger partial charge is 0.294 e. The fourth-order valence-electron chi connectivity index (χ4n) is 3.24. The van der Waals surface area contributed by atoms with Gasteiger partial charge in [-0.25, -0.2) is 0 Å². The van der Waals surface area contributed by atoms with Crippen LogP contribution in [0.4, 0.5) is 0 Å². The summed E-state index contributed by atoms with van der Waals surface area (Å²) in [5.41, 5.74) is 1.57. The molecule has 0 aromatic heterocycles. The molecule has 1 aliphatic carbocycles. The van der Waals surface area contributed by atoms with Gasteiger partial charge >= 0.3 is 0 Å². The number of carbonyl (C=O) groups is 2. The van der Waals surface area contributed by atoms with E-state index in [-0.39, 0.29) is 17.5 Å². The summed E-state index contributed by atoms with van der Waals surface area (Å²) in [7, 11) is 0. The Morgan fingerprint density at radius 2 is 2.00 bits per heavy atom. The molecule has 0 spiro atoms. The number of hydrogen-bond acceptors (Lipinski definition) is 2. The summed E-state index contributed by atoms with van der Waals surface area (Å²) in [6.07, 6.45) is 8.98. The zero-order valence-corrected chi connectivity index (χ0v) is 17.8. The molecule has 1 rings (SSSR count). The third-order valence-electron chi connectivity index (χ3n) is 4.34. The molecule has 0 heterocycles. The number of allylic oxidation sites excluding steroid dienone is 5. The van der Waals surface area contributed by atoms with Gasteiger partial charge in [-0.3, -0.25) is 9.59 Å². The molecule has 1 unspecified atom stereocenters. The molecule has 1 aliphatic rings. The van der Waals surface area contributed by atoms with E-state index in [0.29, 0.717) is 0 Å². The van der Waals surface area contributed by atoms with E-state index in [0.717, 1.165) is 41.3 Å². The van der Waals surface area contributed by atoms with E-state index < -0.39 is 5.41 Å². The molecule has 0 N–H and O–H groups in total. The second-order valence-corrected chi connectivity index (χ2v) is 8.06. The van der Waals surface area contributed by atoms with Crippen molar-refractivity contribution in [2.75, 3.05) is 4.43 Å². The van der Waals surface area contributed by atoms with Crippen molar-refractivity contribution in [2.24, 2.45) is 11.3 Å². The summed E-state index contributed by atoms with van der Waals surface area (Å²) in [6, 6.07) is 0. The molecule has 0 bridgehead atoms. The van der Waals surface area contributed by atoms with E-state index in [4.69, 9.17) is 0 Å². The minimum atomic E-state index is -0.403. The highest BCUT2D eigenvalue weighted by atomic mass is 127. The molecule has 0 radical (unpaired) electrons. The first-order chi connectivity index (χ1) is 10.4. The summed E-state index contributed by atoms with van der Waals surface area (Å²) in [5, 5.41) is 0. The van der Waals surface area contributed by atoms with Crippen LogP contribution in [0.25, 0.3) is 0 Å². The lowest BCUT2D eigenvalue weighted by molar-refractivity contribution is -0.122. The van der Waals surface area contributed by atoms with Crippen molar-refractivity contribution >= 4 is 56.7 Å². The lowest BCUT2D eigenvalue weighted by atomic mass is 9.63. The molecule has 0 aromatic rings. The second-order valence-electron chi connectivity index (χ2n) is 6.26. The van der Waals surface area contributed by atoms with Crippen LogP contribution in [0, 0.1) is 11.3 Å². The molecule has 0 fully saturated rings. The van der Waals surface area contributed by atoms with Gasteiger partial charge in [0.05, 0.1) is 0 Å². The van der Waals surface area contributed by atoms with E-state index >= 15 is 0 Å². The first-order valence-corrected chi connectivity index (χ1v) is 10.4. The molecular weight excluding hydrogens is 502 g/mol. The summed E-state index contributed by atoms with van der Waals surface area (Å²) >= 11 is 4.41. The van der Waals surface area contributed by atoms with Crippen molar-refractivity contribution in [1.29, 1.82) is 0 Å². The number of rotatable bonds is 7. The lowest BCUT2D eigenvalue weighted by Gasteiger charge is -2.39. The van der Waals surface area contributed by atoms with Crippen LogP contribution in [0.5, 0.6) is 0 Å². The van der Waals surface area contributed by atoms with Gasteiger partial charge in [0.2, 0.25) is 0 Å². The highest BCUT2D eigenvalue weighted by Gasteiger charge is 2.42. The van der Waals surface area contributed by atoms with Crippen molar-refractivity contribution in [3.63, 3.8) is 0 Å². The quantitative estimate of drug-likeness (QED) is 0.188. The van der Waals surface area contributed by atoms with E-state index in [1.165, 1.54) is 0 Å². The van der Waals surface area contributed by atoms with Gasteiger partial charge in [-0.2, -0.15) is 0 Å². The monoisotopic (exact) mass is 526 g/mol. The van der Waals surface area contributed by atoms with E-state index in [2.05, 4.69) is 45.2 Å². The first-order valence-electron chi connectivity index (χ1n) is 7.64. The van der Waals surface area contributed by atoms with Gasteiger partial charge in [-0.05, 0) is 53.3 Å². The minimum absolute atomic E-state index is 0.0758. The van der Waals surface area contributed by atoms with Gasteiger partial charge < -0.3 is 0 Å². The summed E-state index contributed by atoms with van der Waals surface area (Å²) in [6.45, 7) is 6.10. The normalized spacial score (nSPS) is 21.8. The van der Waals surface area contributed by atoms with Crippen LogP contribution in [0.15, 0.2) is 33.5 Å². The fourth-order valence-corrected chi connectivity index (χ4v) is 4.04.